The number of benzene rings is 2. The molecule has 1 amide bonds. The van der Waals surface area contributed by atoms with E-state index in [1.165, 1.54) is 11.1 Å². The van der Waals surface area contributed by atoms with Gasteiger partial charge in [-0.15, -0.1) is 0 Å². The Labute approximate surface area is 293 Å². The molecule has 1 aromatic heterocycles. The summed E-state index contributed by atoms with van der Waals surface area (Å²) >= 11 is 0. The van der Waals surface area contributed by atoms with Crippen LogP contribution in [0.2, 0.25) is 0 Å². The molecule has 1 aliphatic rings. The van der Waals surface area contributed by atoms with E-state index in [1.54, 1.807) is 12.3 Å². The maximum atomic E-state index is 13.0. The summed E-state index contributed by atoms with van der Waals surface area (Å²) in [6, 6.07) is 15.3. The zero-order valence-electron chi connectivity index (χ0n) is 27.3. The smallest absolute Gasteiger partial charge is 0.490 e. The van der Waals surface area contributed by atoms with E-state index in [1.807, 2.05) is 49.3 Å². The van der Waals surface area contributed by atoms with Gasteiger partial charge in [-0.25, -0.2) is 24.4 Å². The molecule has 2 heterocycles. The van der Waals surface area contributed by atoms with Crippen LogP contribution in [0.1, 0.15) is 11.1 Å². The fourth-order valence-corrected chi connectivity index (χ4v) is 3.64. The molecule has 4 rings (SSSR count). The van der Waals surface area contributed by atoms with E-state index in [-0.39, 0.29) is 17.9 Å². The van der Waals surface area contributed by atoms with Crippen molar-refractivity contribution in [3.05, 3.63) is 65.9 Å². The molecular formula is C30H31F9N6O8. The van der Waals surface area contributed by atoms with Crippen LogP contribution in [0, 0.1) is 0 Å². The molecule has 0 unspecified atom stereocenters. The number of nitrogens with two attached hydrogens (primary N) is 1. The summed E-state index contributed by atoms with van der Waals surface area (Å²) in [5.74, 6) is -7.56. The van der Waals surface area contributed by atoms with Gasteiger partial charge in [0.25, 0.3) is 0 Å². The second-order valence-electron chi connectivity index (χ2n) is 10.5. The van der Waals surface area contributed by atoms with Crippen LogP contribution in [0.4, 0.5) is 51.1 Å². The molecule has 2 aromatic carbocycles. The number of aliphatic carboxylic acids is 3. The molecule has 3 aromatic rings. The van der Waals surface area contributed by atoms with Gasteiger partial charge in [0.1, 0.15) is 12.4 Å². The molecule has 0 saturated heterocycles. The first kappa shape index (κ1) is 45.3. The van der Waals surface area contributed by atoms with Gasteiger partial charge in [-0.2, -0.15) is 39.5 Å². The number of rotatable bonds is 7. The van der Waals surface area contributed by atoms with Gasteiger partial charge in [0, 0.05) is 24.8 Å². The van der Waals surface area contributed by atoms with E-state index < -0.39 is 36.4 Å². The average molecular weight is 775 g/mol. The molecule has 1 aliphatic heterocycles. The van der Waals surface area contributed by atoms with Crippen LogP contribution in [0.15, 0.2) is 54.7 Å². The summed E-state index contributed by atoms with van der Waals surface area (Å²) in [7, 11) is 3.97. The van der Waals surface area contributed by atoms with Crippen molar-refractivity contribution in [3.63, 3.8) is 0 Å². The fraction of sp³-hybridized carbons (Fsp3) is 0.333. The summed E-state index contributed by atoms with van der Waals surface area (Å²) in [5.41, 5.74) is 10.3. The maximum absolute atomic E-state index is 13.0. The summed E-state index contributed by atoms with van der Waals surface area (Å²) in [6.45, 7) is 1.91. The average Bonchev–Trinajstić information content (AvgIpc) is 3.04. The van der Waals surface area contributed by atoms with Crippen LogP contribution < -0.4 is 21.1 Å². The highest BCUT2D eigenvalue weighted by Gasteiger charge is 2.39. The number of hydrogen-bond donors (Lipinski definition) is 6. The number of fused-ring (bicyclic) bond motifs is 1. The molecule has 23 heteroatoms. The topological polar surface area (TPSA) is 217 Å². The lowest BCUT2D eigenvalue weighted by atomic mass is 9.95. The number of carbonyl (C=O) groups is 4. The van der Waals surface area contributed by atoms with Gasteiger partial charge >= 0.3 is 36.4 Å². The third kappa shape index (κ3) is 16.9. The molecular weight excluding hydrogens is 743 g/mol. The van der Waals surface area contributed by atoms with Crippen LogP contribution in [-0.4, -0.2) is 106 Å². The number of nitrogen functional groups attached to an aromatic ring is 1. The molecule has 292 valence electrons. The highest BCUT2D eigenvalue weighted by atomic mass is 19.4. The number of nitrogens with zero attached hydrogens (tertiary/aromatic N) is 3. The molecule has 0 aliphatic carbocycles. The number of nitrogens with one attached hydrogen (secondary N) is 2. The second-order valence-corrected chi connectivity index (χ2v) is 10.5. The van der Waals surface area contributed by atoms with E-state index in [2.05, 4.69) is 32.7 Å². The Kier molecular flexibility index (Phi) is 16.9. The van der Waals surface area contributed by atoms with E-state index in [0.717, 1.165) is 12.1 Å². The number of likely N-dealkylation sites (N-methyl/N-ethyl adjacent to an activating group) is 1. The molecule has 0 saturated carbocycles. The molecule has 53 heavy (non-hydrogen) atoms. The predicted octanol–water partition coefficient (Wildman–Crippen LogP) is 4.22. The normalized spacial score (nSPS) is 13.7. The molecule has 0 bridgehead atoms. The van der Waals surface area contributed by atoms with Crippen molar-refractivity contribution in [2.75, 3.05) is 38.3 Å². The van der Waals surface area contributed by atoms with E-state index in [4.69, 9.17) is 40.2 Å². The van der Waals surface area contributed by atoms with Gasteiger partial charge in [-0.05, 0) is 49.8 Å². The fourth-order valence-electron chi connectivity index (χ4n) is 3.64. The summed E-state index contributed by atoms with van der Waals surface area (Å²) < 4.78 is 101. The van der Waals surface area contributed by atoms with Crippen LogP contribution in [0.5, 0.6) is 5.75 Å². The number of ether oxygens (including phenoxy) is 1. The number of hydrogen-bond acceptors (Lipinski definition) is 10. The zero-order valence-corrected chi connectivity index (χ0v) is 27.3. The largest absolute Gasteiger partial charge is 0.490 e. The van der Waals surface area contributed by atoms with Crippen LogP contribution in [0.25, 0.3) is 11.3 Å². The minimum atomic E-state index is -5.08. The highest BCUT2D eigenvalue weighted by molar-refractivity contribution is 5.97. The van der Waals surface area contributed by atoms with Crippen molar-refractivity contribution < 1.29 is 78.7 Å². The number of halogens is 9. The Bertz CT molecular complexity index is 1650. The summed E-state index contributed by atoms with van der Waals surface area (Å²) in [6.07, 6.45) is -13.0. The molecule has 0 spiro atoms. The van der Waals surface area contributed by atoms with E-state index in [9.17, 15) is 44.3 Å². The second kappa shape index (κ2) is 19.8. The van der Waals surface area contributed by atoms with E-state index >= 15 is 0 Å². The molecule has 14 nitrogen and oxygen atoms in total. The van der Waals surface area contributed by atoms with Crippen molar-refractivity contribution in [2.45, 2.75) is 37.5 Å². The van der Waals surface area contributed by atoms with Crippen molar-refractivity contribution >= 4 is 35.5 Å². The van der Waals surface area contributed by atoms with Crippen LogP contribution in [-0.2, 0) is 32.1 Å². The number of carboxylic acid groups (broad SMARTS) is 3. The van der Waals surface area contributed by atoms with E-state index in [0.29, 0.717) is 36.7 Å². The Balaban J connectivity index is 0.000000545. The molecule has 1 atom stereocenters. The minimum absolute atomic E-state index is 0.0870. The van der Waals surface area contributed by atoms with Gasteiger partial charge in [-0.1, -0.05) is 30.3 Å². The van der Waals surface area contributed by atoms with Gasteiger partial charge in [0.05, 0.1) is 17.4 Å². The highest BCUT2D eigenvalue weighted by Crippen LogP contribution is 2.31. The third-order valence-electron chi connectivity index (χ3n) is 6.13. The van der Waals surface area contributed by atoms with Gasteiger partial charge < -0.3 is 41.3 Å². The van der Waals surface area contributed by atoms with Gasteiger partial charge in [-0.3, -0.25) is 4.79 Å². The standard InChI is InChI=1S/C24H28N6O2.3C2HF3O2/c1-30(2)11-12-32-22-14-17(19-9-10-26-24(25)29-19)7-8-20(22)28-23(31)21-13-16-5-3-4-6-18(16)15-27-21;3*3-2(4,5)1(6)7/h3-10,14,21,27H,11-13,15H2,1-2H3,(H,28,31)(H2,25,26,29);3*(H,6,7)/t21-;;;/m0.../s1. The van der Waals surface area contributed by atoms with Crippen LogP contribution >= 0.6 is 0 Å². The number of alkyl halides is 9. The summed E-state index contributed by atoms with van der Waals surface area (Å²) in [4.78, 5) is 50.0. The first-order chi connectivity index (χ1) is 24.3. The predicted molar refractivity (Wildman–Crippen MR) is 166 cm³/mol. The number of carbonyl (C=O) groups excluding carboxylic acids is 1. The monoisotopic (exact) mass is 774 g/mol. The minimum Gasteiger partial charge on any atom is -0.490 e. The van der Waals surface area contributed by atoms with Crippen molar-refractivity contribution in [1.82, 2.24) is 20.2 Å². The van der Waals surface area contributed by atoms with Crippen molar-refractivity contribution in [2.24, 2.45) is 0 Å². The molecule has 7 N–H and O–H groups in total. The van der Waals surface area contributed by atoms with Crippen molar-refractivity contribution in [1.29, 1.82) is 0 Å². The number of aromatic nitrogens is 2. The third-order valence-corrected chi connectivity index (χ3v) is 6.13. The lowest BCUT2D eigenvalue weighted by Gasteiger charge is -2.25. The van der Waals surface area contributed by atoms with Gasteiger partial charge in [0.15, 0.2) is 0 Å². The Hall–Kier alpha value is -5.71. The molecule has 0 fully saturated rings. The number of anilines is 2. The van der Waals surface area contributed by atoms with Crippen molar-refractivity contribution in [3.8, 4) is 17.0 Å². The van der Waals surface area contributed by atoms with Crippen LogP contribution in [0.3, 0.4) is 0 Å². The zero-order chi connectivity index (χ0) is 40.7. The molecule has 0 radical (unpaired) electrons. The number of carboxylic acids is 3. The SMILES string of the molecule is CN(C)CCOc1cc(-c2ccnc(N)n2)ccc1NC(=O)[C@@H]1Cc2ccccc2CN1.O=C(O)C(F)(F)F.O=C(O)C(F)(F)F.O=C(O)C(F)(F)F. The van der Waals surface area contributed by atoms with Gasteiger partial charge in [0.2, 0.25) is 11.9 Å². The lowest BCUT2D eigenvalue weighted by molar-refractivity contribution is -0.193. The first-order valence-corrected chi connectivity index (χ1v) is 14.3. The summed E-state index contributed by atoms with van der Waals surface area (Å²) in [5, 5.41) is 27.7. The Morgan fingerprint density at radius 2 is 1.38 bits per heavy atom. The lowest BCUT2D eigenvalue weighted by Crippen LogP contribution is -2.44. The maximum Gasteiger partial charge on any atom is 0.490 e. The first-order valence-electron chi connectivity index (χ1n) is 14.3. The number of amides is 1. The Morgan fingerprint density at radius 1 is 0.868 bits per heavy atom. The Morgan fingerprint density at radius 3 is 1.85 bits per heavy atom. The quantitative estimate of drug-likeness (QED) is 0.186.